The van der Waals surface area contributed by atoms with Gasteiger partial charge in [0.2, 0.25) is 10.0 Å². The molecular weight excluding hydrogens is 258 g/mol. The summed E-state index contributed by atoms with van der Waals surface area (Å²) in [6, 6.07) is 4.84. The van der Waals surface area contributed by atoms with E-state index in [1.165, 1.54) is 38.3 Å². The second-order valence-corrected chi connectivity index (χ2v) is 5.24. The Labute approximate surface area is 105 Å². The molecule has 1 aromatic rings. The molecule has 1 rings (SSSR count). The van der Waals surface area contributed by atoms with Gasteiger partial charge in [-0.2, -0.15) is 4.72 Å². The average molecular weight is 273 g/mol. The van der Waals surface area contributed by atoms with E-state index >= 15 is 0 Å². The first-order chi connectivity index (χ1) is 8.40. The number of rotatable bonds is 5. The molecule has 0 heterocycles. The fourth-order valence-electron chi connectivity index (χ4n) is 1.23. The van der Waals surface area contributed by atoms with Crippen molar-refractivity contribution >= 4 is 15.9 Å². The minimum absolute atomic E-state index is 0.0416. The van der Waals surface area contributed by atoms with Crippen LogP contribution in [0.1, 0.15) is 6.92 Å². The standard InChI is InChI=1S/C10H15N3O4S/c1-7(10(14)12-11)13-18(15,16)9-5-3-8(17-2)4-6-9/h3-7,13H,11H2,1-2H3,(H,12,14)/t7-/m1/s1. The van der Waals surface area contributed by atoms with Crippen LogP contribution in [0.2, 0.25) is 0 Å². The summed E-state index contributed by atoms with van der Waals surface area (Å²) in [5.74, 6) is 4.84. The normalized spacial score (nSPS) is 12.8. The summed E-state index contributed by atoms with van der Waals surface area (Å²) in [4.78, 5) is 11.2. The summed E-state index contributed by atoms with van der Waals surface area (Å²) < 4.78 is 30.9. The number of amides is 1. The van der Waals surface area contributed by atoms with Crippen LogP contribution in [-0.2, 0) is 14.8 Å². The van der Waals surface area contributed by atoms with Gasteiger partial charge in [0.25, 0.3) is 5.91 Å². The van der Waals surface area contributed by atoms with E-state index < -0.39 is 22.0 Å². The number of benzene rings is 1. The lowest BCUT2D eigenvalue weighted by molar-refractivity contribution is -0.122. The maximum atomic E-state index is 11.9. The lowest BCUT2D eigenvalue weighted by Gasteiger charge is -2.12. The number of carbonyl (C=O) groups is 1. The van der Waals surface area contributed by atoms with E-state index in [0.29, 0.717) is 5.75 Å². The quantitative estimate of drug-likeness (QED) is 0.375. The summed E-state index contributed by atoms with van der Waals surface area (Å²) in [5.41, 5.74) is 1.87. The molecule has 8 heteroatoms. The Balaban J connectivity index is 2.89. The lowest BCUT2D eigenvalue weighted by Crippen LogP contribution is -2.47. The first kappa shape index (κ1) is 14.4. The Hall–Kier alpha value is -1.64. The van der Waals surface area contributed by atoms with Crippen LogP contribution >= 0.6 is 0 Å². The van der Waals surface area contributed by atoms with Crippen LogP contribution in [0.5, 0.6) is 5.75 Å². The number of sulfonamides is 1. The molecule has 0 fully saturated rings. The highest BCUT2D eigenvalue weighted by atomic mass is 32.2. The van der Waals surface area contributed by atoms with Gasteiger partial charge in [-0.1, -0.05) is 0 Å². The zero-order valence-electron chi connectivity index (χ0n) is 10.0. The zero-order chi connectivity index (χ0) is 13.8. The van der Waals surface area contributed by atoms with Crippen LogP contribution in [0.15, 0.2) is 29.2 Å². The number of nitrogens with two attached hydrogens (primary N) is 1. The van der Waals surface area contributed by atoms with Gasteiger partial charge in [0.05, 0.1) is 18.0 Å². The van der Waals surface area contributed by atoms with Gasteiger partial charge < -0.3 is 4.74 Å². The van der Waals surface area contributed by atoms with Crippen molar-refractivity contribution in [2.24, 2.45) is 5.84 Å². The first-order valence-electron chi connectivity index (χ1n) is 5.07. The third kappa shape index (κ3) is 3.42. The van der Waals surface area contributed by atoms with Gasteiger partial charge in [-0.3, -0.25) is 10.2 Å². The largest absolute Gasteiger partial charge is 0.497 e. The predicted octanol–water partition coefficient (Wildman–Crippen LogP) is -0.648. The number of hydrogen-bond donors (Lipinski definition) is 3. The van der Waals surface area contributed by atoms with E-state index in [-0.39, 0.29) is 4.90 Å². The van der Waals surface area contributed by atoms with Gasteiger partial charge >= 0.3 is 0 Å². The summed E-state index contributed by atoms with van der Waals surface area (Å²) in [5, 5.41) is 0. The molecule has 0 spiro atoms. The Morgan fingerprint density at radius 1 is 1.33 bits per heavy atom. The topological polar surface area (TPSA) is 111 Å². The number of nitrogens with one attached hydrogen (secondary N) is 2. The molecule has 1 aromatic carbocycles. The molecule has 0 aliphatic carbocycles. The summed E-state index contributed by atoms with van der Waals surface area (Å²) in [6.45, 7) is 1.39. The number of ether oxygens (including phenoxy) is 1. The molecular formula is C10H15N3O4S. The molecule has 18 heavy (non-hydrogen) atoms. The van der Waals surface area contributed by atoms with Crippen molar-refractivity contribution in [1.82, 2.24) is 10.1 Å². The maximum absolute atomic E-state index is 11.9. The Kier molecular flexibility index (Phi) is 4.65. The second kappa shape index (κ2) is 5.80. The smallest absolute Gasteiger partial charge is 0.251 e. The SMILES string of the molecule is COc1ccc(S(=O)(=O)N[C@H](C)C(=O)NN)cc1. The Bertz CT molecular complexity index is 512. The van der Waals surface area contributed by atoms with Crippen LogP contribution in [0.25, 0.3) is 0 Å². The summed E-state index contributed by atoms with van der Waals surface area (Å²) >= 11 is 0. The van der Waals surface area contributed by atoms with Crippen molar-refractivity contribution in [3.63, 3.8) is 0 Å². The molecule has 0 saturated carbocycles. The molecule has 7 nitrogen and oxygen atoms in total. The molecule has 4 N–H and O–H groups in total. The molecule has 1 amide bonds. The van der Waals surface area contributed by atoms with Crippen LogP contribution < -0.4 is 20.7 Å². The summed E-state index contributed by atoms with van der Waals surface area (Å²) in [7, 11) is -2.28. The molecule has 0 saturated heterocycles. The summed E-state index contributed by atoms with van der Waals surface area (Å²) in [6.07, 6.45) is 0. The molecule has 0 aliphatic heterocycles. The predicted molar refractivity (Wildman–Crippen MR) is 65.1 cm³/mol. The lowest BCUT2D eigenvalue weighted by atomic mass is 10.3. The van der Waals surface area contributed by atoms with Crippen molar-refractivity contribution in [3.8, 4) is 5.75 Å². The van der Waals surface area contributed by atoms with Crippen LogP contribution in [0.4, 0.5) is 0 Å². The van der Waals surface area contributed by atoms with Crippen molar-refractivity contribution in [3.05, 3.63) is 24.3 Å². The molecule has 100 valence electrons. The molecule has 0 unspecified atom stereocenters. The highest BCUT2D eigenvalue weighted by Gasteiger charge is 2.21. The van der Waals surface area contributed by atoms with E-state index in [4.69, 9.17) is 10.6 Å². The number of hydrogen-bond acceptors (Lipinski definition) is 5. The Morgan fingerprint density at radius 2 is 1.89 bits per heavy atom. The van der Waals surface area contributed by atoms with Gasteiger partial charge in [0, 0.05) is 0 Å². The maximum Gasteiger partial charge on any atom is 0.251 e. The van der Waals surface area contributed by atoms with Gasteiger partial charge in [0.15, 0.2) is 0 Å². The molecule has 1 atom stereocenters. The zero-order valence-corrected chi connectivity index (χ0v) is 10.8. The van der Waals surface area contributed by atoms with Crippen LogP contribution in [0.3, 0.4) is 0 Å². The minimum Gasteiger partial charge on any atom is -0.497 e. The Morgan fingerprint density at radius 3 is 2.33 bits per heavy atom. The van der Waals surface area contributed by atoms with Crippen LogP contribution in [-0.4, -0.2) is 27.5 Å². The second-order valence-electron chi connectivity index (χ2n) is 3.53. The molecule has 0 aromatic heterocycles. The third-order valence-corrected chi connectivity index (χ3v) is 3.79. The fraction of sp³-hybridized carbons (Fsp3) is 0.300. The number of carbonyl (C=O) groups excluding carboxylic acids is 1. The number of hydrazine groups is 1. The molecule has 0 aliphatic rings. The fourth-order valence-corrected chi connectivity index (χ4v) is 2.44. The van der Waals surface area contributed by atoms with E-state index in [1.54, 1.807) is 0 Å². The highest BCUT2D eigenvalue weighted by Crippen LogP contribution is 2.15. The minimum atomic E-state index is -3.76. The van der Waals surface area contributed by atoms with E-state index in [0.717, 1.165) is 0 Å². The van der Waals surface area contributed by atoms with Gasteiger partial charge in [-0.25, -0.2) is 14.3 Å². The van der Waals surface area contributed by atoms with Gasteiger partial charge in [0.1, 0.15) is 5.75 Å². The van der Waals surface area contributed by atoms with Crippen molar-refractivity contribution < 1.29 is 17.9 Å². The van der Waals surface area contributed by atoms with E-state index in [9.17, 15) is 13.2 Å². The van der Waals surface area contributed by atoms with Gasteiger partial charge in [-0.15, -0.1) is 0 Å². The van der Waals surface area contributed by atoms with E-state index in [1.807, 2.05) is 5.43 Å². The van der Waals surface area contributed by atoms with Crippen molar-refractivity contribution in [2.45, 2.75) is 17.9 Å². The van der Waals surface area contributed by atoms with Crippen LogP contribution in [0, 0.1) is 0 Å². The van der Waals surface area contributed by atoms with Crippen molar-refractivity contribution in [1.29, 1.82) is 0 Å². The number of methoxy groups -OCH3 is 1. The highest BCUT2D eigenvalue weighted by molar-refractivity contribution is 7.89. The third-order valence-electron chi connectivity index (χ3n) is 2.24. The average Bonchev–Trinajstić information content (AvgIpc) is 2.37. The molecule has 0 bridgehead atoms. The molecule has 0 radical (unpaired) electrons. The monoisotopic (exact) mass is 273 g/mol. The van der Waals surface area contributed by atoms with E-state index in [2.05, 4.69) is 4.72 Å². The van der Waals surface area contributed by atoms with Crippen molar-refractivity contribution in [2.75, 3.05) is 7.11 Å². The van der Waals surface area contributed by atoms with Gasteiger partial charge in [-0.05, 0) is 31.2 Å². The first-order valence-corrected chi connectivity index (χ1v) is 6.56.